The summed E-state index contributed by atoms with van der Waals surface area (Å²) in [5.74, 6) is 1.04. The van der Waals surface area contributed by atoms with Crippen LogP contribution in [0.1, 0.15) is 22.8 Å². The standard InChI is InChI=1S/C23H29N3O3/c1-18(27)19-7-9-21(10-8-19)26-15-13-25(14-16-26)17-23(28)24-12-11-20-5-3-4-6-22(20)29-2/h3-10H,11-17H2,1-2H3,(H,24,28)/p+1. The molecule has 0 bridgehead atoms. The molecule has 6 nitrogen and oxygen atoms in total. The van der Waals surface area contributed by atoms with E-state index in [1.807, 2.05) is 48.5 Å². The van der Waals surface area contributed by atoms with E-state index in [0.29, 0.717) is 13.1 Å². The molecule has 0 aliphatic carbocycles. The van der Waals surface area contributed by atoms with Crippen LogP contribution in [0.15, 0.2) is 48.5 Å². The van der Waals surface area contributed by atoms with Crippen LogP contribution in [0.4, 0.5) is 5.69 Å². The molecule has 0 unspecified atom stereocenters. The minimum atomic E-state index is 0.0857. The topological polar surface area (TPSA) is 63.1 Å². The predicted octanol–water partition coefficient (Wildman–Crippen LogP) is 0.962. The molecule has 1 heterocycles. The van der Waals surface area contributed by atoms with Gasteiger partial charge in [0.15, 0.2) is 12.3 Å². The average molecular weight is 397 g/mol. The summed E-state index contributed by atoms with van der Waals surface area (Å²) in [7, 11) is 1.66. The third-order valence-corrected chi connectivity index (χ3v) is 5.43. The van der Waals surface area contributed by atoms with Crippen molar-refractivity contribution in [2.75, 3.05) is 51.3 Å². The van der Waals surface area contributed by atoms with Gasteiger partial charge in [-0.1, -0.05) is 18.2 Å². The lowest BCUT2D eigenvalue weighted by molar-refractivity contribution is -0.892. The maximum absolute atomic E-state index is 12.3. The molecular weight excluding hydrogens is 366 g/mol. The van der Waals surface area contributed by atoms with Gasteiger partial charge in [0.1, 0.15) is 5.75 Å². The van der Waals surface area contributed by atoms with Crippen LogP contribution < -0.4 is 19.9 Å². The van der Waals surface area contributed by atoms with E-state index in [0.717, 1.165) is 55.2 Å². The molecular formula is C23H30N3O3+. The number of nitrogens with one attached hydrogen (secondary N) is 2. The second-order valence-corrected chi connectivity index (χ2v) is 7.43. The summed E-state index contributed by atoms with van der Waals surface area (Å²) in [6.45, 7) is 6.36. The van der Waals surface area contributed by atoms with Gasteiger partial charge in [-0.3, -0.25) is 9.59 Å². The fourth-order valence-electron chi connectivity index (χ4n) is 3.70. The lowest BCUT2D eigenvalue weighted by atomic mass is 10.1. The summed E-state index contributed by atoms with van der Waals surface area (Å²) in [5, 5.41) is 3.03. The summed E-state index contributed by atoms with van der Waals surface area (Å²) in [6.07, 6.45) is 0.759. The third kappa shape index (κ3) is 5.81. The van der Waals surface area contributed by atoms with Gasteiger partial charge in [-0.25, -0.2) is 0 Å². The molecule has 2 N–H and O–H groups in total. The van der Waals surface area contributed by atoms with Gasteiger partial charge in [0.25, 0.3) is 5.91 Å². The van der Waals surface area contributed by atoms with Crippen LogP contribution in [0.5, 0.6) is 5.75 Å². The van der Waals surface area contributed by atoms with E-state index in [4.69, 9.17) is 4.74 Å². The van der Waals surface area contributed by atoms with Crippen LogP contribution >= 0.6 is 0 Å². The number of hydrogen-bond donors (Lipinski definition) is 2. The minimum absolute atomic E-state index is 0.0857. The molecule has 29 heavy (non-hydrogen) atoms. The molecule has 1 aliphatic heterocycles. The first-order valence-corrected chi connectivity index (χ1v) is 10.1. The number of benzene rings is 2. The van der Waals surface area contributed by atoms with Crippen LogP contribution in [-0.2, 0) is 11.2 Å². The highest BCUT2D eigenvalue weighted by molar-refractivity contribution is 5.94. The molecule has 0 radical (unpaired) electrons. The van der Waals surface area contributed by atoms with E-state index in [-0.39, 0.29) is 11.7 Å². The van der Waals surface area contributed by atoms with Crippen molar-refractivity contribution >= 4 is 17.4 Å². The number of anilines is 1. The van der Waals surface area contributed by atoms with E-state index < -0.39 is 0 Å². The molecule has 2 aromatic carbocycles. The van der Waals surface area contributed by atoms with Crippen LogP contribution in [0.2, 0.25) is 0 Å². The van der Waals surface area contributed by atoms with Gasteiger partial charge in [0.2, 0.25) is 0 Å². The van der Waals surface area contributed by atoms with Crippen molar-refractivity contribution in [3.63, 3.8) is 0 Å². The quantitative estimate of drug-likeness (QED) is 0.653. The number of piperazine rings is 1. The van der Waals surface area contributed by atoms with Crippen molar-refractivity contribution in [3.8, 4) is 5.75 Å². The maximum Gasteiger partial charge on any atom is 0.275 e. The average Bonchev–Trinajstić information content (AvgIpc) is 2.74. The van der Waals surface area contributed by atoms with Crippen LogP contribution in [0.25, 0.3) is 0 Å². The van der Waals surface area contributed by atoms with Gasteiger partial charge < -0.3 is 19.9 Å². The number of carbonyl (C=O) groups is 2. The molecule has 0 atom stereocenters. The molecule has 0 aromatic heterocycles. The Morgan fingerprint density at radius 1 is 1.07 bits per heavy atom. The zero-order valence-electron chi connectivity index (χ0n) is 17.2. The van der Waals surface area contributed by atoms with Crippen molar-refractivity contribution in [2.24, 2.45) is 0 Å². The van der Waals surface area contributed by atoms with Crippen molar-refractivity contribution < 1.29 is 19.2 Å². The smallest absolute Gasteiger partial charge is 0.275 e. The van der Waals surface area contributed by atoms with Crippen molar-refractivity contribution in [3.05, 3.63) is 59.7 Å². The highest BCUT2D eigenvalue weighted by Crippen LogP contribution is 2.17. The summed E-state index contributed by atoms with van der Waals surface area (Å²) < 4.78 is 5.35. The van der Waals surface area contributed by atoms with E-state index >= 15 is 0 Å². The normalized spacial score (nSPS) is 14.5. The lowest BCUT2D eigenvalue weighted by Gasteiger charge is -2.33. The van der Waals surface area contributed by atoms with Gasteiger partial charge in [-0.05, 0) is 49.2 Å². The molecule has 3 rings (SSSR count). The van der Waals surface area contributed by atoms with Crippen LogP contribution in [0, 0.1) is 0 Å². The van der Waals surface area contributed by atoms with Gasteiger partial charge >= 0.3 is 0 Å². The molecule has 1 amide bonds. The molecule has 1 aliphatic rings. The number of carbonyl (C=O) groups excluding carboxylic acids is 2. The Balaban J connectivity index is 1.39. The Morgan fingerprint density at radius 3 is 2.41 bits per heavy atom. The second kappa shape index (κ2) is 10.1. The Bertz CT molecular complexity index is 828. The van der Waals surface area contributed by atoms with Gasteiger partial charge in [-0.15, -0.1) is 0 Å². The molecule has 154 valence electrons. The number of Topliss-reactive ketones (excluding diaryl/α,β-unsaturated/α-hetero) is 1. The Labute approximate surface area is 172 Å². The fraction of sp³-hybridized carbons (Fsp3) is 0.391. The molecule has 0 spiro atoms. The SMILES string of the molecule is COc1ccccc1CCNC(=O)C[NH+]1CCN(c2ccc(C(C)=O)cc2)CC1. The van der Waals surface area contributed by atoms with E-state index in [1.54, 1.807) is 14.0 Å². The van der Waals surface area contributed by atoms with Crippen LogP contribution in [-0.4, -0.2) is 58.1 Å². The molecule has 2 aromatic rings. The van der Waals surface area contributed by atoms with E-state index in [1.165, 1.54) is 4.90 Å². The summed E-state index contributed by atoms with van der Waals surface area (Å²) in [5.41, 5.74) is 2.98. The molecule has 6 heteroatoms. The number of quaternary nitrogens is 1. The monoisotopic (exact) mass is 396 g/mol. The highest BCUT2D eigenvalue weighted by Gasteiger charge is 2.22. The number of nitrogens with zero attached hydrogens (tertiary/aromatic N) is 1. The van der Waals surface area contributed by atoms with Crippen molar-refractivity contribution in [1.82, 2.24) is 5.32 Å². The summed E-state index contributed by atoms with van der Waals surface area (Å²) in [4.78, 5) is 27.3. The van der Waals surface area contributed by atoms with Gasteiger partial charge in [-0.2, -0.15) is 0 Å². The van der Waals surface area contributed by atoms with Crippen molar-refractivity contribution in [2.45, 2.75) is 13.3 Å². The number of hydrogen-bond acceptors (Lipinski definition) is 4. The largest absolute Gasteiger partial charge is 0.496 e. The number of ketones is 1. The summed E-state index contributed by atoms with van der Waals surface area (Å²) in [6, 6.07) is 15.7. The van der Waals surface area contributed by atoms with Crippen molar-refractivity contribution in [1.29, 1.82) is 0 Å². The zero-order chi connectivity index (χ0) is 20.6. The Hall–Kier alpha value is -2.86. The second-order valence-electron chi connectivity index (χ2n) is 7.43. The Morgan fingerprint density at radius 2 is 1.76 bits per heavy atom. The highest BCUT2D eigenvalue weighted by atomic mass is 16.5. The molecule has 0 saturated carbocycles. The Kier molecular flexibility index (Phi) is 7.25. The number of ether oxygens (including phenoxy) is 1. The van der Waals surface area contributed by atoms with Crippen LogP contribution in [0.3, 0.4) is 0 Å². The third-order valence-electron chi connectivity index (χ3n) is 5.43. The first-order chi connectivity index (χ1) is 14.1. The predicted molar refractivity (Wildman–Crippen MR) is 114 cm³/mol. The number of para-hydroxylation sites is 1. The molecule has 1 saturated heterocycles. The fourth-order valence-corrected chi connectivity index (χ4v) is 3.70. The lowest BCUT2D eigenvalue weighted by Crippen LogP contribution is -3.16. The zero-order valence-corrected chi connectivity index (χ0v) is 17.2. The maximum atomic E-state index is 12.3. The number of rotatable bonds is 8. The number of methoxy groups -OCH3 is 1. The number of amides is 1. The minimum Gasteiger partial charge on any atom is -0.496 e. The molecule has 1 fully saturated rings. The van der Waals surface area contributed by atoms with Gasteiger partial charge in [0.05, 0.1) is 33.3 Å². The first kappa shape index (κ1) is 20.9. The summed E-state index contributed by atoms with van der Waals surface area (Å²) >= 11 is 0. The van der Waals surface area contributed by atoms with E-state index in [9.17, 15) is 9.59 Å². The van der Waals surface area contributed by atoms with E-state index in [2.05, 4.69) is 10.2 Å². The van der Waals surface area contributed by atoms with Gasteiger partial charge in [0, 0.05) is 17.8 Å². The first-order valence-electron chi connectivity index (χ1n) is 10.1.